The van der Waals surface area contributed by atoms with Gasteiger partial charge in [-0.05, 0) is 86.4 Å². The van der Waals surface area contributed by atoms with Crippen LogP contribution in [0.4, 0.5) is 0 Å². The van der Waals surface area contributed by atoms with E-state index in [1.807, 2.05) is 0 Å². The van der Waals surface area contributed by atoms with Crippen LogP contribution in [-0.4, -0.2) is 345 Å². The zero-order valence-electron chi connectivity index (χ0n) is 77.4. The second-order valence-corrected chi connectivity index (χ2v) is 35.4. The number of primary amides is 2. The number of rotatable bonds is 27. The second kappa shape index (κ2) is 51.0. The molecule has 15 atom stereocenters. The third-order valence-electron chi connectivity index (χ3n) is 24.3. The Morgan fingerprint density at radius 3 is 1.78 bits per heavy atom. The smallest absolute Gasteiger partial charge is 0.323 e. The summed E-state index contributed by atoms with van der Waals surface area (Å²) in [4.78, 5) is 277. The lowest BCUT2D eigenvalue weighted by atomic mass is 10.00. The van der Waals surface area contributed by atoms with Crippen molar-refractivity contribution < 1.29 is 112 Å². The quantitative estimate of drug-likeness (QED) is 0.0130. The van der Waals surface area contributed by atoms with Gasteiger partial charge in [0.2, 0.25) is 100 Å². The summed E-state index contributed by atoms with van der Waals surface area (Å²) < 4.78 is 1.39. The normalized spacial score (nSPS) is 24.4. The van der Waals surface area contributed by atoms with E-state index in [2.05, 4.69) is 73.4 Å². The molecule has 3 fully saturated rings. The van der Waals surface area contributed by atoms with E-state index < -0.39 is 273 Å². The maximum Gasteiger partial charge on any atom is 0.323 e. The summed E-state index contributed by atoms with van der Waals surface area (Å²) in [5.41, 5.74) is 19.0. The van der Waals surface area contributed by atoms with Gasteiger partial charge >= 0.3 is 5.97 Å². The van der Waals surface area contributed by atoms with E-state index in [0.29, 0.717) is 45.8 Å². The number of carboxylic acids is 1. The highest BCUT2D eigenvalue weighted by Gasteiger charge is 2.47. The molecule has 3 aromatic carbocycles. The number of aliphatic hydroxyl groups is 3. The molecule has 0 spiro atoms. The van der Waals surface area contributed by atoms with Gasteiger partial charge in [-0.1, -0.05) is 88.1 Å². The minimum absolute atomic E-state index is 0.000820. The minimum Gasteiger partial charge on any atom is -0.508 e. The number of hydrogen-bond acceptors (Lipinski definition) is 25. The molecule has 6 heterocycles. The number of unbranched alkanes of at least 4 members (excludes halogenated alkanes) is 2. The molecule has 9 rings (SSSR count). The Balaban J connectivity index is 1.11. The van der Waals surface area contributed by atoms with Crippen molar-refractivity contribution in [1.29, 1.82) is 5.41 Å². The van der Waals surface area contributed by atoms with Crippen molar-refractivity contribution in [2.24, 2.45) is 17.2 Å². The van der Waals surface area contributed by atoms with Crippen molar-refractivity contribution in [2.75, 3.05) is 72.0 Å². The molecule has 0 radical (unpaired) electrons. The summed E-state index contributed by atoms with van der Waals surface area (Å²) in [5.74, 6) is -20.4. The van der Waals surface area contributed by atoms with Crippen LogP contribution < -0.4 is 75.7 Å². The van der Waals surface area contributed by atoms with Gasteiger partial charge in [-0.2, -0.15) is 0 Å². The SMILES string of the molecule is CCCC[C@H]1C(=O)N(C)[C@@H](CCCC)C(=O)N[C@@H](CCCNC(=N)N)C(=O)N[C@H](C(=O)NCC(N)=O)CSCC(=O)N[C@@H](Cc2ccc(O)cc2)C(=O)N(C)[C@@H](C)C(=O)N[C@H](CC(N)=O)C(=O)N2CCC[C@H]2C(=O)N[C@@H](Cc2cnc[nH]2)C(=O)N[C@@H](CO)C(=O)N2C[C@H](O)C[C@H]2C(=O)N[C@@H](Cc2c[nH]c3ccccc23)C(=O)N[C@@H](CO)C(=O)N[C@@H](Cc2cn(CC(=O)O)c3ccccc23)C(=O)N1C. The molecule has 3 aliphatic rings. The molecule has 0 aliphatic carbocycles. The number of H-pyrrole nitrogens is 2. The highest BCUT2D eigenvalue weighted by atomic mass is 32.2. The summed E-state index contributed by atoms with van der Waals surface area (Å²) >= 11 is 0.734. The molecule has 0 unspecified atom stereocenters. The predicted molar refractivity (Wildman–Crippen MR) is 499 cm³/mol. The van der Waals surface area contributed by atoms with Crippen LogP contribution in [0.1, 0.15) is 120 Å². The Bertz CT molecular complexity index is 5390. The van der Waals surface area contributed by atoms with E-state index in [4.69, 9.17) is 22.6 Å². The number of aliphatic hydroxyl groups excluding tert-OH is 3. The van der Waals surface area contributed by atoms with Crippen LogP contribution in [0, 0.1) is 5.41 Å². The third kappa shape index (κ3) is 29.4. The number of benzene rings is 3. The number of aromatic nitrogens is 4. The molecule has 0 saturated carbocycles. The molecule has 748 valence electrons. The number of fused-ring (bicyclic) bond motifs is 4. The predicted octanol–water partition coefficient (Wildman–Crippen LogP) is -5.42. The number of likely N-dealkylation sites (N-methyl/N-ethyl adjacent to an activating group) is 3. The minimum atomic E-state index is -2.00. The highest BCUT2D eigenvalue weighted by molar-refractivity contribution is 8.00. The molecule has 6 aromatic rings. The molecule has 3 aliphatic heterocycles. The Hall–Kier alpha value is -14.3. The number of hydrogen-bond donors (Lipinski definition) is 22. The lowest BCUT2D eigenvalue weighted by Gasteiger charge is -2.36. The first kappa shape index (κ1) is 107. The number of imidazole rings is 1. The van der Waals surface area contributed by atoms with E-state index in [1.54, 1.807) is 62.4 Å². The number of aromatic hydroxyl groups is 1. The standard InChI is InChI=1S/C90H124N24O23S/c1-7-9-21-68-82(130)101-58(20-15-29-96-90(93)94)78(126)108-66(77(125)98-39-73(92)120)45-138-46-74(121)100-61(31-49-25-27-53(117)28-26-49)85(133)109(4)48(3)76(124)104-63(36-72(91)119)87(135)113-30-16-24-69(113)83(131)103-60(34-52-38-95-47-99-52)80(128)107-65(44-116)88(136)114-41-54(118)35-71(114)84(132)102-59(32-50-37-97-57-19-13-11-17-55(50)57)79(127)106-64(43-115)81(129)105-62(86(134)111(6)70(22-10-8-2)89(137)110(68)5)33-51-40-112(42-75(122)123)67-23-14-12-18-56(51)67/h11-14,17-19,23,25-28,37-38,40,47-48,54,58-66,68-71,97,115-118H,7-10,15-16,20-22,24,29-36,39,41-46H2,1-6H3,(H2,91,119)(H2,92,120)(H,95,99)(H,98,125)(H,100,121)(H,101,130)(H,102,132)(H,103,131)(H,104,124)(H,105,129)(H,106,127)(H,107,128)(H,108,126)(H,122,123)(H4,93,94,96)/t48-,54+,58-,59-,60-,61-,62-,63+,64-,65-,66-,68-,69-,70-,71-/m0/s1. The number of para-hydroxylation sites is 2. The average Bonchev–Trinajstić information content (AvgIpc) is 1.62. The molecule has 47 nitrogen and oxygen atoms in total. The maximum absolute atomic E-state index is 15.9. The number of phenolic OH excluding ortho intramolecular Hbond substituents is 1. The molecule has 3 saturated heterocycles. The van der Waals surface area contributed by atoms with Crippen LogP contribution in [0.2, 0.25) is 0 Å². The number of amides is 17. The van der Waals surface area contributed by atoms with Crippen LogP contribution in [0.5, 0.6) is 5.75 Å². The Kier molecular flexibility index (Phi) is 39.7. The van der Waals surface area contributed by atoms with E-state index in [1.165, 1.54) is 81.8 Å². The van der Waals surface area contributed by atoms with Crippen LogP contribution >= 0.6 is 11.8 Å². The number of aliphatic carboxylic acids is 1. The van der Waals surface area contributed by atoms with Gasteiger partial charge in [0.25, 0.3) is 0 Å². The lowest BCUT2D eigenvalue weighted by molar-refractivity contribution is -0.149. The topological polar surface area (TPSA) is 708 Å². The van der Waals surface area contributed by atoms with Gasteiger partial charge in [-0.3, -0.25) is 91.7 Å². The molecule has 138 heavy (non-hydrogen) atoms. The number of thioether (sulfide) groups is 1. The van der Waals surface area contributed by atoms with Gasteiger partial charge in [0.15, 0.2) is 5.96 Å². The van der Waals surface area contributed by atoms with E-state index in [9.17, 15) is 83.1 Å². The zero-order chi connectivity index (χ0) is 101. The van der Waals surface area contributed by atoms with Crippen molar-refractivity contribution in [1.82, 2.24) is 103 Å². The highest BCUT2D eigenvalue weighted by Crippen LogP contribution is 2.29. The second-order valence-electron chi connectivity index (χ2n) is 34.4. The van der Waals surface area contributed by atoms with E-state index in [-0.39, 0.29) is 94.3 Å². The number of nitrogens with two attached hydrogens (primary N) is 3. The molecule has 25 N–H and O–H groups in total. The van der Waals surface area contributed by atoms with Crippen LogP contribution in [0.15, 0.2) is 97.7 Å². The molecule has 0 bridgehead atoms. The molecule has 3 aromatic heterocycles. The molecular weight excluding hydrogens is 1820 g/mol. The fourth-order valence-electron chi connectivity index (χ4n) is 16.7. The molecular formula is C90H124N24O23S. The van der Waals surface area contributed by atoms with Gasteiger partial charge in [-0.15, -0.1) is 11.8 Å². The van der Waals surface area contributed by atoms with Crippen molar-refractivity contribution in [2.45, 2.75) is 221 Å². The number of phenols is 1. The summed E-state index contributed by atoms with van der Waals surface area (Å²) in [6.07, 6.45) is 2.24. The monoisotopic (exact) mass is 1940 g/mol. The largest absolute Gasteiger partial charge is 0.508 e. The third-order valence-corrected chi connectivity index (χ3v) is 25.3. The van der Waals surface area contributed by atoms with Gasteiger partial charge < -0.3 is 140 Å². The van der Waals surface area contributed by atoms with Crippen molar-refractivity contribution in [3.63, 3.8) is 0 Å². The number of carbonyl (C=O) groups is 18. The summed E-state index contributed by atoms with van der Waals surface area (Å²) in [7, 11) is 3.76. The summed E-state index contributed by atoms with van der Waals surface area (Å²) in [6.45, 7) is 0.346. The van der Waals surface area contributed by atoms with Crippen molar-refractivity contribution in [3.8, 4) is 5.75 Å². The first-order valence-corrected chi connectivity index (χ1v) is 46.5. The maximum atomic E-state index is 15.9. The van der Waals surface area contributed by atoms with Gasteiger partial charge in [0.1, 0.15) is 96.9 Å². The van der Waals surface area contributed by atoms with Gasteiger partial charge in [-0.25, -0.2) is 4.98 Å². The first-order chi connectivity index (χ1) is 65.7. The fourth-order valence-corrected chi connectivity index (χ4v) is 17.6. The first-order valence-electron chi connectivity index (χ1n) is 45.4. The Morgan fingerprint density at radius 2 is 1.13 bits per heavy atom. The molecule has 17 amide bonds. The summed E-state index contributed by atoms with van der Waals surface area (Å²) in [5, 5.41) is 90.9. The van der Waals surface area contributed by atoms with Gasteiger partial charge in [0.05, 0.1) is 44.4 Å². The number of carboxylic acid groups (broad SMARTS) is 1. The lowest BCUT2D eigenvalue weighted by Crippen LogP contribution is -2.62. The Labute approximate surface area is 797 Å². The Morgan fingerprint density at radius 1 is 0.558 bits per heavy atom. The van der Waals surface area contributed by atoms with E-state index >= 15 is 28.8 Å². The number of nitrogens with one attached hydrogen (secondary N) is 14. The van der Waals surface area contributed by atoms with E-state index in [0.717, 1.165) is 36.3 Å². The summed E-state index contributed by atoms with van der Waals surface area (Å²) in [6, 6.07) is -4.55. The van der Waals surface area contributed by atoms with Crippen molar-refractivity contribution in [3.05, 3.63) is 120 Å². The number of nitrogens with zero attached hydrogens (tertiary/aromatic N) is 7. The number of aromatic amines is 2. The number of guanidine groups is 1. The van der Waals surface area contributed by atoms with Crippen LogP contribution in [0.25, 0.3) is 21.8 Å². The van der Waals surface area contributed by atoms with Crippen molar-refractivity contribution >= 4 is 146 Å². The molecule has 48 heteroatoms. The van der Waals surface area contributed by atoms with Gasteiger partial charge in [0, 0.05) is 125 Å². The average molecular weight is 1940 g/mol. The number of carbonyl (C=O) groups excluding carboxylic acids is 17. The fraction of sp³-hybridized carbons (Fsp3) is 0.511. The zero-order valence-corrected chi connectivity index (χ0v) is 78.2. The van der Waals surface area contributed by atoms with Crippen LogP contribution in [-0.2, 0) is 119 Å². The van der Waals surface area contributed by atoms with Crippen LogP contribution in [0.3, 0.4) is 0 Å².